The van der Waals surface area contributed by atoms with Crippen molar-refractivity contribution in [3.63, 3.8) is 0 Å². The molecule has 0 heterocycles. The van der Waals surface area contributed by atoms with Crippen molar-refractivity contribution in [2.75, 3.05) is 5.32 Å². The van der Waals surface area contributed by atoms with E-state index in [1.165, 1.54) is 36.4 Å². The zero-order valence-electron chi connectivity index (χ0n) is 10.5. The highest BCUT2D eigenvalue weighted by Crippen LogP contribution is 2.25. The fraction of sp³-hybridized carbons (Fsp3) is 0.143. The summed E-state index contributed by atoms with van der Waals surface area (Å²) >= 11 is 5.80. The van der Waals surface area contributed by atoms with Crippen LogP contribution in [0.4, 0.5) is 23.2 Å². The molecule has 0 radical (unpaired) electrons. The van der Waals surface area contributed by atoms with Crippen molar-refractivity contribution in [2.45, 2.75) is 12.9 Å². The fourth-order valence-electron chi connectivity index (χ4n) is 1.66. The normalized spacial score (nSPS) is 11.3. The van der Waals surface area contributed by atoms with E-state index in [2.05, 4.69) is 10.1 Å². The average molecular weight is 320 g/mol. The number of hydrogen-bond donors (Lipinski definition) is 1. The molecule has 0 atom stereocenters. The summed E-state index contributed by atoms with van der Waals surface area (Å²) in [7, 11) is 0. The van der Waals surface area contributed by atoms with Gasteiger partial charge in [0.25, 0.3) is 0 Å². The first-order valence-electron chi connectivity index (χ1n) is 5.88. The van der Waals surface area contributed by atoms with Gasteiger partial charge in [-0.05, 0) is 35.9 Å². The van der Waals surface area contributed by atoms with Gasteiger partial charge in [0.05, 0.1) is 5.02 Å². The molecule has 0 unspecified atom stereocenters. The minimum absolute atomic E-state index is 0.0158. The summed E-state index contributed by atoms with van der Waals surface area (Å²) < 4.78 is 53.0. The Morgan fingerprint density at radius 3 is 2.33 bits per heavy atom. The Bertz CT molecular complexity index is 613. The predicted octanol–water partition coefficient (Wildman–Crippen LogP) is 4.99. The second-order valence-corrected chi connectivity index (χ2v) is 4.52. The lowest BCUT2D eigenvalue weighted by Crippen LogP contribution is -2.17. The van der Waals surface area contributed by atoms with Crippen LogP contribution in [0.3, 0.4) is 0 Å². The molecule has 0 saturated carbocycles. The lowest BCUT2D eigenvalue weighted by molar-refractivity contribution is -0.274. The van der Waals surface area contributed by atoms with Crippen LogP contribution in [-0.4, -0.2) is 6.36 Å². The average Bonchev–Trinajstić information content (AvgIpc) is 2.40. The molecule has 0 aliphatic heterocycles. The molecule has 2 aromatic carbocycles. The van der Waals surface area contributed by atoms with E-state index in [-0.39, 0.29) is 17.3 Å². The van der Waals surface area contributed by atoms with E-state index >= 15 is 0 Å². The molecule has 21 heavy (non-hydrogen) atoms. The second-order valence-electron chi connectivity index (χ2n) is 4.14. The van der Waals surface area contributed by atoms with Crippen molar-refractivity contribution in [2.24, 2.45) is 0 Å². The number of benzene rings is 2. The van der Waals surface area contributed by atoms with Gasteiger partial charge >= 0.3 is 6.36 Å². The summed E-state index contributed by atoms with van der Waals surface area (Å²) in [6, 6.07) is 9.64. The Balaban J connectivity index is 1.99. The number of nitrogens with one attached hydrogen (secondary N) is 1. The largest absolute Gasteiger partial charge is 0.573 e. The fourth-order valence-corrected chi connectivity index (χ4v) is 1.85. The molecule has 0 fully saturated rings. The van der Waals surface area contributed by atoms with E-state index in [4.69, 9.17) is 11.6 Å². The van der Waals surface area contributed by atoms with E-state index in [1.807, 2.05) is 0 Å². The van der Waals surface area contributed by atoms with Gasteiger partial charge in [-0.1, -0.05) is 23.7 Å². The molecule has 0 bridgehead atoms. The van der Waals surface area contributed by atoms with Crippen molar-refractivity contribution in [1.29, 1.82) is 0 Å². The van der Waals surface area contributed by atoms with Crippen LogP contribution in [0, 0.1) is 5.82 Å². The van der Waals surface area contributed by atoms with Gasteiger partial charge in [-0.2, -0.15) is 0 Å². The highest BCUT2D eigenvalue weighted by atomic mass is 35.5. The zero-order valence-corrected chi connectivity index (χ0v) is 11.3. The van der Waals surface area contributed by atoms with Crippen molar-refractivity contribution in [1.82, 2.24) is 0 Å². The minimum Gasteiger partial charge on any atom is -0.406 e. The van der Waals surface area contributed by atoms with Crippen LogP contribution in [0.2, 0.25) is 5.02 Å². The van der Waals surface area contributed by atoms with E-state index < -0.39 is 12.2 Å². The summed E-state index contributed by atoms with van der Waals surface area (Å²) in [5, 5.41) is 2.95. The van der Waals surface area contributed by atoms with Crippen LogP contribution >= 0.6 is 11.6 Å². The molecule has 2 aromatic rings. The minimum atomic E-state index is -4.72. The number of hydrogen-bond acceptors (Lipinski definition) is 2. The van der Waals surface area contributed by atoms with Gasteiger partial charge in [-0.3, -0.25) is 0 Å². The summed E-state index contributed by atoms with van der Waals surface area (Å²) in [6.45, 7) is 0.246. The van der Waals surface area contributed by atoms with Crippen LogP contribution < -0.4 is 10.1 Å². The van der Waals surface area contributed by atoms with E-state index in [0.29, 0.717) is 11.3 Å². The molecule has 2 nitrogen and oxygen atoms in total. The first kappa shape index (κ1) is 15.4. The Morgan fingerprint density at radius 2 is 1.71 bits per heavy atom. The molecule has 0 saturated heterocycles. The number of anilines is 1. The summed E-state index contributed by atoms with van der Waals surface area (Å²) in [6.07, 6.45) is -4.72. The van der Waals surface area contributed by atoms with Crippen molar-refractivity contribution in [3.8, 4) is 5.75 Å². The number of halogens is 5. The third-order valence-corrected chi connectivity index (χ3v) is 3.03. The third kappa shape index (κ3) is 4.53. The first-order valence-corrected chi connectivity index (χ1v) is 6.25. The Hall–Kier alpha value is -1.95. The van der Waals surface area contributed by atoms with Crippen LogP contribution in [0.15, 0.2) is 42.5 Å². The Kier molecular flexibility index (Phi) is 4.57. The van der Waals surface area contributed by atoms with Gasteiger partial charge in [0.1, 0.15) is 11.6 Å². The maximum Gasteiger partial charge on any atom is 0.573 e. The molecule has 2 rings (SSSR count). The molecule has 0 aliphatic rings. The predicted molar refractivity (Wildman–Crippen MR) is 71.9 cm³/mol. The van der Waals surface area contributed by atoms with Gasteiger partial charge < -0.3 is 10.1 Å². The van der Waals surface area contributed by atoms with Crippen molar-refractivity contribution in [3.05, 3.63) is 58.9 Å². The van der Waals surface area contributed by atoms with Gasteiger partial charge in [-0.25, -0.2) is 4.39 Å². The molecule has 0 aromatic heterocycles. The molecular weight excluding hydrogens is 310 g/mol. The second kappa shape index (κ2) is 6.22. The highest BCUT2D eigenvalue weighted by molar-refractivity contribution is 6.31. The lowest BCUT2D eigenvalue weighted by atomic mass is 10.2. The zero-order chi connectivity index (χ0) is 15.5. The summed E-state index contributed by atoms with van der Waals surface area (Å²) in [5.74, 6) is -0.832. The number of ether oxygens (including phenoxy) is 1. The van der Waals surface area contributed by atoms with E-state index in [9.17, 15) is 17.6 Å². The summed E-state index contributed by atoms with van der Waals surface area (Å²) in [5.41, 5.74) is 1.11. The lowest BCUT2D eigenvalue weighted by Gasteiger charge is -2.11. The van der Waals surface area contributed by atoms with Crippen molar-refractivity contribution >= 4 is 17.3 Å². The molecule has 0 spiro atoms. The monoisotopic (exact) mass is 319 g/mol. The quantitative estimate of drug-likeness (QED) is 0.802. The van der Waals surface area contributed by atoms with Crippen LogP contribution in [-0.2, 0) is 6.54 Å². The number of rotatable bonds is 4. The maximum absolute atomic E-state index is 13.2. The maximum atomic E-state index is 13.2. The molecule has 0 aliphatic carbocycles. The van der Waals surface area contributed by atoms with Gasteiger partial charge in [-0.15, -0.1) is 13.2 Å². The van der Waals surface area contributed by atoms with Crippen molar-refractivity contribution < 1.29 is 22.3 Å². The third-order valence-electron chi connectivity index (χ3n) is 2.60. The van der Waals surface area contributed by atoms with Gasteiger partial charge in [0.2, 0.25) is 0 Å². The Morgan fingerprint density at radius 1 is 1.05 bits per heavy atom. The smallest absolute Gasteiger partial charge is 0.406 e. The molecular formula is C14H10ClF4NO. The van der Waals surface area contributed by atoms with Gasteiger partial charge in [0, 0.05) is 12.2 Å². The molecule has 112 valence electrons. The highest BCUT2D eigenvalue weighted by Gasteiger charge is 2.30. The molecule has 1 N–H and O–H groups in total. The summed E-state index contributed by atoms with van der Waals surface area (Å²) in [4.78, 5) is 0. The SMILES string of the molecule is Fc1cccc(CNc2ccc(OC(F)(F)F)cc2)c1Cl. The van der Waals surface area contributed by atoms with Crippen LogP contribution in [0.5, 0.6) is 5.75 Å². The molecule has 0 amide bonds. The Labute approximate surface area is 123 Å². The standard InChI is InChI=1S/C14H10ClF4NO/c15-13-9(2-1-3-12(13)16)8-20-10-4-6-11(7-5-10)21-14(17,18)19/h1-7,20H,8H2. The van der Waals surface area contributed by atoms with Crippen LogP contribution in [0.25, 0.3) is 0 Å². The van der Waals surface area contributed by atoms with Crippen LogP contribution in [0.1, 0.15) is 5.56 Å². The topological polar surface area (TPSA) is 21.3 Å². The number of alkyl halides is 3. The molecule has 7 heteroatoms. The van der Waals surface area contributed by atoms with Gasteiger partial charge in [0.15, 0.2) is 0 Å². The first-order chi connectivity index (χ1) is 9.85. The van der Waals surface area contributed by atoms with E-state index in [1.54, 1.807) is 6.07 Å². The van der Waals surface area contributed by atoms with E-state index in [0.717, 1.165) is 0 Å².